The molecule has 0 spiro atoms. The van der Waals surface area contributed by atoms with Gasteiger partial charge in [0, 0.05) is 5.56 Å². The van der Waals surface area contributed by atoms with E-state index in [-0.39, 0.29) is 0 Å². The monoisotopic (exact) mass is 175 g/mol. The van der Waals surface area contributed by atoms with Crippen LogP contribution in [0.1, 0.15) is 12.5 Å². The van der Waals surface area contributed by atoms with Crippen molar-refractivity contribution in [2.45, 2.75) is 6.92 Å². The lowest BCUT2D eigenvalue weighted by atomic mass is 10.1. The molecule has 0 atom stereocenters. The maximum Gasteiger partial charge on any atom is 0.0814 e. The van der Waals surface area contributed by atoms with Crippen molar-refractivity contribution >= 4 is 28.6 Å². The smallest absolute Gasteiger partial charge is 0.0814 e. The van der Waals surface area contributed by atoms with Crippen molar-refractivity contribution < 1.29 is 0 Å². The molecule has 1 aromatic rings. The zero-order valence-electron chi connectivity index (χ0n) is 6.87. The van der Waals surface area contributed by atoms with Gasteiger partial charge in [0.25, 0.3) is 0 Å². The van der Waals surface area contributed by atoms with Crippen molar-refractivity contribution in [1.82, 2.24) is 0 Å². The van der Waals surface area contributed by atoms with E-state index in [9.17, 15) is 0 Å². The topological polar surface area (TPSA) is 12.4 Å². The summed E-state index contributed by atoms with van der Waals surface area (Å²) in [6.45, 7) is 5.79. The SMILES string of the molecule is C=C(C)c1ccccc1N=C=S. The molecule has 0 aliphatic carbocycles. The van der Waals surface area contributed by atoms with E-state index in [0.717, 1.165) is 16.8 Å². The molecule has 0 aliphatic rings. The van der Waals surface area contributed by atoms with Crippen molar-refractivity contribution in [3.63, 3.8) is 0 Å². The molecule has 0 bridgehead atoms. The van der Waals surface area contributed by atoms with Crippen LogP contribution in [0.5, 0.6) is 0 Å². The number of aliphatic imine (C=N–C) groups is 1. The lowest BCUT2D eigenvalue weighted by Crippen LogP contribution is -1.77. The van der Waals surface area contributed by atoms with Gasteiger partial charge in [0.2, 0.25) is 0 Å². The van der Waals surface area contributed by atoms with E-state index in [1.165, 1.54) is 0 Å². The third kappa shape index (κ3) is 1.88. The van der Waals surface area contributed by atoms with E-state index < -0.39 is 0 Å². The Morgan fingerprint density at radius 1 is 1.50 bits per heavy atom. The molecule has 2 heteroatoms. The van der Waals surface area contributed by atoms with Crippen LogP contribution >= 0.6 is 12.2 Å². The summed E-state index contributed by atoms with van der Waals surface area (Å²) in [5.74, 6) is 0. The van der Waals surface area contributed by atoms with Crippen LogP contribution in [0.2, 0.25) is 0 Å². The zero-order chi connectivity index (χ0) is 8.97. The number of para-hydroxylation sites is 1. The van der Waals surface area contributed by atoms with Crippen LogP contribution in [-0.2, 0) is 0 Å². The fraction of sp³-hybridized carbons (Fsp3) is 0.100. The number of hydrogen-bond donors (Lipinski definition) is 0. The van der Waals surface area contributed by atoms with Gasteiger partial charge in [0.1, 0.15) is 0 Å². The third-order valence-electron chi connectivity index (χ3n) is 1.53. The summed E-state index contributed by atoms with van der Waals surface area (Å²) in [4.78, 5) is 3.93. The molecule has 0 aliphatic heterocycles. The molecule has 60 valence electrons. The summed E-state index contributed by atoms with van der Waals surface area (Å²) in [5, 5.41) is 2.35. The molecule has 0 N–H and O–H groups in total. The molecule has 1 aromatic carbocycles. The minimum atomic E-state index is 0.833. The Hall–Kier alpha value is -1.24. The first-order chi connectivity index (χ1) is 5.75. The highest BCUT2D eigenvalue weighted by Crippen LogP contribution is 2.23. The van der Waals surface area contributed by atoms with E-state index >= 15 is 0 Å². The molecule has 12 heavy (non-hydrogen) atoms. The first-order valence-electron chi connectivity index (χ1n) is 3.58. The molecule has 0 heterocycles. The van der Waals surface area contributed by atoms with Crippen LogP contribution in [-0.4, -0.2) is 5.16 Å². The molecule has 0 radical (unpaired) electrons. The van der Waals surface area contributed by atoms with Crippen LogP contribution in [0, 0.1) is 0 Å². The Morgan fingerprint density at radius 3 is 2.75 bits per heavy atom. The van der Waals surface area contributed by atoms with E-state index in [1.54, 1.807) is 0 Å². The van der Waals surface area contributed by atoms with Gasteiger partial charge in [-0.2, -0.15) is 4.99 Å². The van der Waals surface area contributed by atoms with E-state index in [4.69, 9.17) is 0 Å². The van der Waals surface area contributed by atoms with Crippen molar-refractivity contribution in [2.75, 3.05) is 0 Å². The molecule has 0 aromatic heterocycles. The first kappa shape index (κ1) is 8.85. The Labute approximate surface area is 77.5 Å². The zero-order valence-corrected chi connectivity index (χ0v) is 7.69. The standard InChI is InChI=1S/C10H9NS/c1-8(2)9-5-3-4-6-10(9)11-7-12/h3-6H,1H2,2H3. The van der Waals surface area contributed by atoms with Crippen molar-refractivity contribution in [3.8, 4) is 0 Å². The molecule has 0 unspecified atom stereocenters. The summed E-state index contributed by atoms with van der Waals surface area (Å²) in [6.07, 6.45) is 0. The molecular weight excluding hydrogens is 166 g/mol. The number of allylic oxidation sites excluding steroid dienone is 1. The van der Waals surface area contributed by atoms with E-state index in [0.29, 0.717) is 0 Å². The van der Waals surface area contributed by atoms with Gasteiger partial charge in [-0.15, -0.1) is 0 Å². The van der Waals surface area contributed by atoms with Crippen LogP contribution < -0.4 is 0 Å². The summed E-state index contributed by atoms with van der Waals surface area (Å²) < 4.78 is 0. The highest BCUT2D eigenvalue weighted by Gasteiger charge is 1.98. The number of rotatable bonds is 2. The Morgan fingerprint density at radius 2 is 2.17 bits per heavy atom. The molecule has 0 fully saturated rings. The predicted octanol–water partition coefficient (Wildman–Crippen LogP) is 3.45. The second kappa shape index (κ2) is 3.96. The highest BCUT2D eigenvalue weighted by molar-refractivity contribution is 7.78. The average molecular weight is 175 g/mol. The van der Waals surface area contributed by atoms with Crippen LogP contribution in [0.15, 0.2) is 35.8 Å². The lowest BCUT2D eigenvalue weighted by molar-refractivity contribution is 1.49. The quantitative estimate of drug-likeness (QED) is 0.495. The van der Waals surface area contributed by atoms with Crippen LogP contribution in [0.3, 0.4) is 0 Å². The molecule has 0 amide bonds. The van der Waals surface area contributed by atoms with Gasteiger partial charge in [0.05, 0.1) is 10.8 Å². The van der Waals surface area contributed by atoms with Gasteiger partial charge in [-0.25, -0.2) is 0 Å². The summed E-state index contributed by atoms with van der Waals surface area (Å²) in [5.41, 5.74) is 2.84. The molecule has 0 saturated heterocycles. The summed E-state index contributed by atoms with van der Waals surface area (Å²) >= 11 is 4.53. The van der Waals surface area contributed by atoms with Crippen LogP contribution in [0.25, 0.3) is 5.57 Å². The van der Waals surface area contributed by atoms with Crippen molar-refractivity contribution in [2.24, 2.45) is 4.99 Å². The molecular formula is C10H9NS. The second-order valence-corrected chi connectivity index (χ2v) is 2.68. The second-order valence-electron chi connectivity index (χ2n) is 2.50. The number of thiocarbonyl (C=S) groups is 1. The van der Waals surface area contributed by atoms with Gasteiger partial charge in [0.15, 0.2) is 0 Å². The largest absolute Gasteiger partial charge is 0.194 e. The number of hydrogen-bond acceptors (Lipinski definition) is 2. The Kier molecular flexibility index (Phi) is 2.92. The maximum absolute atomic E-state index is 4.53. The van der Waals surface area contributed by atoms with Gasteiger partial charge in [-0.1, -0.05) is 24.8 Å². The van der Waals surface area contributed by atoms with E-state index in [2.05, 4.69) is 29.0 Å². The van der Waals surface area contributed by atoms with Gasteiger partial charge in [-0.05, 0) is 30.8 Å². The maximum atomic E-state index is 4.53. The summed E-state index contributed by atoms with van der Waals surface area (Å²) in [6, 6.07) is 7.72. The molecule has 1 nitrogen and oxygen atoms in total. The van der Waals surface area contributed by atoms with Crippen LogP contribution in [0.4, 0.5) is 5.69 Å². The average Bonchev–Trinajstić information content (AvgIpc) is 2.05. The summed E-state index contributed by atoms with van der Waals surface area (Å²) in [7, 11) is 0. The highest BCUT2D eigenvalue weighted by atomic mass is 32.1. The number of isothiocyanates is 1. The fourth-order valence-corrected chi connectivity index (χ4v) is 1.08. The Balaban J connectivity index is 3.26. The minimum absolute atomic E-state index is 0.833. The van der Waals surface area contributed by atoms with E-state index in [1.807, 2.05) is 31.2 Å². The molecule has 0 saturated carbocycles. The third-order valence-corrected chi connectivity index (χ3v) is 1.62. The molecule has 1 rings (SSSR count). The van der Waals surface area contributed by atoms with Gasteiger partial charge in [-0.3, -0.25) is 0 Å². The predicted molar refractivity (Wildman–Crippen MR) is 55.8 cm³/mol. The normalized spacial score (nSPS) is 8.75. The van der Waals surface area contributed by atoms with Gasteiger partial charge < -0.3 is 0 Å². The number of nitrogens with zero attached hydrogens (tertiary/aromatic N) is 1. The van der Waals surface area contributed by atoms with Crippen molar-refractivity contribution in [1.29, 1.82) is 0 Å². The van der Waals surface area contributed by atoms with Crippen molar-refractivity contribution in [3.05, 3.63) is 36.4 Å². The minimum Gasteiger partial charge on any atom is -0.194 e. The lowest BCUT2D eigenvalue weighted by Gasteiger charge is -2.01. The number of benzene rings is 1. The Bertz CT molecular complexity index is 328. The fourth-order valence-electron chi connectivity index (χ4n) is 0.981. The van der Waals surface area contributed by atoms with Gasteiger partial charge >= 0.3 is 0 Å². The first-order valence-corrected chi connectivity index (χ1v) is 3.99.